The summed E-state index contributed by atoms with van der Waals surface area (Å²) < 4.78 is 0. The van der Waals surface area contributed by atoms with E-state index in [0.29, 0.717) is 5.69 Å². The Kier molecular flexibility index (Phi) is 3.88. The van der Waals surface area contributed by atoms with Crippen LogP contribution in [-0.2, 0) is 9.59 Å². The van der Waals surface area contributed by atoms with Crippen LogP contribution in [0.25, 0.3) is 0 Å². The third-order valence-corrected chi connectivity index (χ3v) is 2.32. The summed E-state index contributed by atoms with van der Waals surface area (Å²) >= 11 is 0. The van der Waals surface area contributed by atoms with Crippen LogP contribution in [-0.4, -0.2) is 29.4 Å². The van der Waals surface area contributed by atoms with Gasteiger partial charge in [-0.1, -0.05) is 0 Å². The lowest BCUT2D eigenvalue weighted by Gasteiger charge is -2.21. The molecular weight excluding hydrogens is 238 g/mol. The summed E-state index contributed by atoms with van der Waals surface area (Å²) in [5.74, 6) is -3.53. The summed E-state index contributed by atoms with van der Waals surface area (Å²) in [5, 5.41) is 8.70. The first-order chi connectivity index (χ1) is 8.38. The van der Waals surface area contributed by atoms with Gasteiger partial charge in [0.1, 0.15) is 0 Å². The number of carbonyl (C=O) groups is 3. The van der Waals surface area contributed by atoms with Crippen LogP contribution in [0.1, 0.15) is 17.3 Å². The van der Waals surface area contributed by atoms with Gasteiger partial charge in [-0.2, -0.15) is 0 Å². The first-order valence-corrected chi connectivity index (χ1v) is 5.12. The number of amides is 2. The zero-order chi connectivity index (χ0) is 13.9. The Morgan fingerprint density at radius 2 is 1.94 bits per heavy atom. The molecule has 0 aliphatic carbocycles. The van der Waals surface area contributed by atoms with E-state index in [2.05, 4.69) is 0 Å². The highest BCUT2D eigenvalue weighted by Gasteiger charge is 2.24. The van der Waals surface area contributed by atoms with Gasteiger partial charge in [0.2, 0.25) is 0 Å². The monoisotopic (exact) mass is 251 g/mol. The summed E-state index contributed by atoms with van der Waals surface area (Å²) in [6.45, 7) is 1.68. The standard InChI is InChI=1S/C11H13N3O4/c1-2-14(10(16)11(17)18)8-4-3-6(12)5-7(8)9(13)15/h3-5H,2,12H2,1H3,(H2,13,15)(H,17,18). The molecule has 0 unspecified atom stereocenters. The number of carboxylic acid groups (broad SMARTS) is 1. The lowest BCUT2D eigenvalue weighted by atomic mass is 10.1. The number of benzene rings is 1. The highest BCUT2D eigenvalue weighted by atomic mass is 16.4. The number of aliphatic carboxylic acids is 1. The van der Waals surface area contributed by atoms with Crippen LogP contribution in [0.4, 0.5) is 11.4 Å². The number of nitrogens with zero attached hydrogens (tertiary/aromatic N) is 1. The van der Waals surface area contributed by atoms with Gasteiger partial charge in [-0.25, -0.2) is 4.79 Å². The fourth-order valence-corrected chi connectivity index (χ4v) is 1.53. The number of hydrogen-bond donors (Lipinski definition) is 3. The summed E-state index contributed by atoms with van der Waals surface area (Å²) in [6, 6.07) is 4.15. The Labute approximate surface area is 103 Å². The third-order valence-electron chi connectivity index (χ3n) is 2.32. The number of primary amides is 1. The van der Waals surface area contributed by atoms with Crippen molar-refractivity contribution >= 4 is 29.2 Å². The Hall–Kier alpha value is -2.57. The first-order valence-electron chi connectivity index (χ1n) is 5.12. The maximum atomic E-state index is 11.5. The van der Waals surface area contributed by atoms with Gasteiger partial charge in [0.25, 0.3) is 5.91 Å². The van der Waals surface area contributed by atoms with Crippen molar-refractivity contribution in [1.82, 2.24) is 0 Å². The molecule has 2 amide bonds. The molecule has 0 fully saturated rings. The highest BCUT2D eigenvalue weighted by Crippen LogP contribution is 2.23. The second kappa shape index (κ2) is 5.17. The van der Waals surface area contributed by atoms with E-state index in [1.165, 1.54) is 18.2 Å². The van der Waals surface area contributed by atoms with Crippen LogP contribution < -0.4 is 16.4 Å². The van der Waals surface area contributed by atoms with E-state index in [9.17, 15) is 14.4 Å². The van der Waals surface area contributed by atoms with Crippen LogP contribution in [0.15, 0.2) is 18.2 Å². The maximum absolute atomic E-state index is 11.5. The van der Waals surface area contributed by atoms with Crippen LogP contribution in [0.5, 0.6) is 0 Å². The molecule has 0 saturated heterocycles. The molecule has 1 aromatic carbocycles. The molecule has 0 aromatic heterocycles. The summed E-state index contributed by atoms with van der Waals surface area (Å²) in [6.07, 6.45) is 0. The molecule has 0 bridgehead atoms. The smallest absolute Gasteiger partial charge is 0.394 e. The minimum absolute atomic E-state index is 0.00597. The van der Waals surface area contributed by atoms with Gasteiger partial charge < -0.3 is 21.5 Å². The maximum Gasteiger partial charge on any atom is 0.394 e. The van der Waals surface area contributed by atoms with Crippen molar-refractivity contribution in [2.24, 2.45) is 5.73 Å². The predicted molar refractivity (Wildman–Crippen MR) is 65.0 cm³/mol. The number of nitrogens with two attached hydrogens (primary N) is 2. The number of carbonyl (C=O) groups excluding carboxylic acids is 2. The number of anilines is 2. The van der Waals surface area contributed by atoms with Crippen molar-refractivity contribution in [2.75, 3.05) is 17.2 Å². The van der Waals surface area contributed by atoms with Crippen molar-refractivity contribution in [3.63, 3.8) is 0 Å². The molecule has 0 heterocycles. The summed E-state index contributed by atoms with van der Waals surface area (Å²) in [7, 11) is 0. The molecule has 5 N–H and O–H groups in total. The fourth-order valence-electron chi connectivity index (χ4n) is 1.53. The average Bonchev–Trinajstić information content (AvgIpc) is 2.31. The molecule has 96 valence electrons. The second-order valence-electron chi connectivity index (χ2n) is 3.50. The molecule has 0 saturated carbocycles. The highest BCUT2D eigenvalue weighted by molar-refractivity contribution is 6.37. The van der Waals surface area contributed by atoms with Crippen LogP contribution in [0, 0.1) is 0 Å². The van der Waals surface area contributed by atoms with Crippen LogP contribution >= 0.6 is 0 Å². The van der Waals surface area contributed by atoms with E-state index >= 15 is 0 Å². The van der Waals surface area contributed by atoms with Crippen molar-refractivity contribution in [1.29, 1.82) is 0 Å². The lowest BCUT2D eigenvalue weighted by Crippen LogP contribution is -2.37. The van der Waals surface area contributed by atoms with Gasteiger partial charge in [0.05, 0.1) is 11.3 Å². The van der Waals surface area contributed by atoms with Gasteiger partial charge in [-0.3, -0.25) is 9.59 Å². The van der Waals surface area contributed by atoms with Gasteiger partial charge in [-0.05, 0) is 25.1 Å². The first kappa shape index (κ1) is 13.5. The van der Waals surface area contributed by atoms with Crippen molar-refractivity contribution in [2.45, 2.75) is 6.92 Å². The Morgan fingerprint density at radius 1 is 1.33 bits per heavy atom. The average molecular weight is 251 g/mol. The van der Waals surface area contributed by atoms with Crippen LogP contribution in [0.2, 0.25) is 0 Å². The minimum atomic E-state index is -1.61. The minimum Gasteiger partial charge on any atom is -0.474 e. The quantitative estimate of drug-likeness (QED) is 0.506. The Morgan fingerprint density at radius 3 is 2.39 bits per heavy atom. The van der Waals surface area contributed by atoms with E-state index in [1.54, 1.807) is 6.92 Å². The van der Waals surface area contributed by atoms with Gasteiger partial charge in [0.15, 0.2) is 0 Å². The zero-order valence-electron chi connectivity index (χ0n) is 9.71. The third kappa shape index (κ3) is 2.57. The largest absolute Gasteiger partial charge is 0.474 e. The normalized spacial score (nSPS) is 9.83. The van der Waals surface area contributed by atoms with Gasteiger partial charge in [-0.15, -0.1) is 0 Å². The molecule has 0 spiro atoms. The van der Waals surface area contributed by atoms with E-state index in [1.807, 2.05) is 0 Å². The topological polar surface area (TPSA) is 127 Å². The molecule has 7 nitrogen and oxygen atoms in total. The number of carboxylic acids is 1. The fraction of sp³-hybridized carbons (Fsp3) is 0.182. The molecule has 0 aliphatic heterocycles. The molecular formula is C11H13N3O4. The van der Waals surface area contributed by atoms with Crippen molar-refractivity contribution in [3.8, 4) is 0 Å². The number of likely N-dealkylation sites (N-methyl/N-ethyl adjacent to an activating group) is 1. The van der Waals surface area contributed by atoms with Crippen molar-refractivity contribution < 1.29 is 19.5 Å². The molecule has 1 aromatic rings. The molecule has 7 heteroatoms. The van der Waals surface area contributed by atoms with Gasteiger partial charge in [0, 0.05) is 12.2 Å². The molecule has 18 heavy (non-hydrogen) atoms. The van der Waals surface area contributed by atoms with E-state index < -0.39 is 17.8 Å². The zero-order valence-corrected chi connectivity index (χ0v) is 9.71. The van der Waals surface area contributed by atoms with E-state index in [4.69, 9.17) is 16.6 Å². The SMILES string of the molecule is CCN(C(=O)C(=O)O)c1ccc(N)cc1C(N)=O. The summed E-state index contributed by atoms with van der Waals surface area (Å²) in [4.78, 5) is 34.4. The van der Waals surface area contributed by atoms with Crippen LogP contribution in [0.3, 0.4) is 0 Å². The van der Waals surface area contributed by atoms with E-state index in [-0.39, 0.29) is 17.8 Å². The lowest BCUT2D eigenvalue weighted by molar-refractivity contribution is -0.148. The second-order valence-corrected chi connectivity index (χ2v) is 3.50. The number of rotatable bonds is 3. The van der Waals surface area contributed by atoms with Crippen molar-refractivity contribution in [3.05, 3.63) is 23.8 Å². The molecule has 0 atom stereocenters. The molecule has 0 radical (unpaired) electrons. The van der Waals surface area contributed by atoms with Gasteiger partial charge >= 0.3 is 11.9 Å². The Bertz CT molecular complexity index is 513. The Balaban J connectivity index is 3.33. The molecule has 0 aliphatic rings. The van der Waals surface area contributed by atoms with E-state index in [0.717, 1.165) is 4.90 Å². The predicted octanol–water partition coefficient (Wildman–Crippen LogP) is -0.195. The summed E-state index contributed by atoms with van der Waals surface area (Å²) in [5.41, 5.74) is 11.1. The number of hydrogen-bond acceptors (Lipinski definition) is 4. The number of nitrogen functional groups attached to an aromatic ring is 1. The molecule has 1 rings (SSSR count).